The molecule has 16 heavy (non-hydrogen) atoms. The minimum atomic E-state index is -0.908. The maximum atomic E-state index is 11.2. The van der Waals surface area contributed by atoms with Crippen molar-refractivity contribution in [3.8, 4) is 0 Å². The highest BCUT2D eigenvalue weighted by Gasteiger charge is 2.39. The Bertz CT molecular complexity index is 268. The third kappa shape index (κ3) is 2.72. The Labute approximate surface area is 96.8 Å². The van der Waals surface area contributed by atoms with Crippen LogP contribution in [0.25, 0.3) is 0 Å². The number of hydrogen-bond acceptors (Lipinski definition) is 4. The van der Waals surface area contributed by atoms with E-state index in [2.05, 4.69) is 24.1 Å². The first kappa shape index (κ1) is 13.4. The maximum absolute atomic E-state index is 11.2. The molecule has 0 aromatic heterocycles. The van der Waals surface area contributed by atoms with E-state index in [0.717, 1.165) is 6.54 Å². The van der Waals surface area contributed by atoms with Gasteiger partial charge in [-0.15, -0.1) is 0 Å². The molecule has 1 atom stereocenters. The number of rotatable bonds is 4. The SMILES string of the molecule is CNC(C)(CN1CCOCC1(C)C)C(=O)O. The number of likely N-dealkylation sites (N-methyl/N-ethyl adjacent to an activating group) is 1. The van der Waals surface area contributed by atoms with E-state index in [9.17, 15) is 9.90 Å². The lowest BCUT2D eigenvalue weighted by atomic mass is 9.96. The van der Waals surface area contributed by atoms with Gasteiger partial charge in [0.05, 0.1) is 13.2 Å². The number of aliphatic carboxylic acids is 1. The molecular weight excluding hydrogens is 208 g/mol. The van der Waals surface area contributed by atoms with Crippen LogP contribution in [0.15, 0.2) is 0 Å². The molecule has 5 nitrogen and oxygen atoms in total. The minimum absolute atomic E-state index is 0.105. The Morgan fingerprint density at radius 3 is 2.69 bits per heavy atom. The van der Waals surface area contributed by atoms with Gasteiger partial charge < -0.3 is 15.2 Å². The van der Waals surface area contributed by atoms with Gasteiger partial charge in [-0.3, -0.25) is 9.69 Å². The Morgan fingerprint density at radius 1 is 1.62 bits per heavy atom. The second kappa shape index (κ2) is 4.69. The molecule has 1 saturated heterocycles. The van der Waals surface area contributed by atoms with Gasteiger partial charge in [0, 0.05) is 18.6 Å². The quantitative estimate of drug-likeness (QED) is 0.720. The van der Waals surface area contributed by atoms with Gasteiger partial charge in [0.1, 0.15) is 5.54 Å². The largest absolute Gasteiger partial charge is 0.480 e. The van der Waals surface area contributed by atoms with E-state index < -0.39 is 11.5 Å². The van der Waals surface area contributed by atoms with Gasteiger partial charge in [-0.2, -0.15) is 0 Å². The molecule has 5 heteroatoms. The highest BCUT2D eigenvalue weighted by molar-refractivity contribution is 5.78. The third-order valence-electron chi connectivity index (χ3n) is 3.35. The molecule has 0 radical (unpaired) electrons. The van der Waals surface area contributed by atoms with Gasteiger partial charge in [0.15, 0.2) is 0 Å². The lowest BCUT2D eigenvalue weighted by molar-refractivity contribution is -0.147. The Morgan fingerprint density at radius 2 is 2.25 bits per heavy atom. The minimum Gasteiger partial charge on any atom is -0.480 e. The normalized spacial score (nSPS) is 25.0. The number of nitrogens with one attached hydrogen (secondary N) is 1. The Kier molecular flexibility index (Phi) is 3.93. The summed E-state index contributed by atoms with van der Waals surface area (Å²) in [6.07, 6.45) is 0. The van der Waals surface area contributed by atoms with Gasteiger partial charge in [-0.25, -0.2) is 0 Å². The zero-order valence-electron chi connectivity index (χ0n) is 10.5. The molecule has 1 aliphatic rings. The van der Waals surface area contributed by atoms with Crippen LogP contribution < -0.4 is 5.32 Å². The zero-order valence-corrected chi connectivity index (χ0v) is 10.5. The Balaban J connectivity index is 2.74. The number of carbonyl (C=O) groups is 1. The van der Waals surface area contributed by atoms with Crippen molar-refractivity contribution in [3.63, 3.8) is 0 Å². The maximum Gasteiger partial charge on any atom is 0.324 e. The highest BCUT2D eigenvalue weighted by atomic mass is 16.5. The summed E-state index contributed by atoms with van der Waals surface area (Å²) in [4.78, 5) is 13.4. The van der Waals surface area contributed by atoms with E-state index >= 15 is 0 Å². The predicted molar refractivity (Wildman–Crippen MR) is 61.6 cm³/mol. The van der Waals surface area contributed by atoms with Crippen molar-refractivity contribution >= 4 is 5.97 Å². The van der Waals surface area contributed by atoms with E-state index in [1.54, 1.807) is 14.0 Å². The van der Waals surface area contributed by atoms with Crippen LogP contribution in [0.3, 0.4) is 0 Å². The van der Waals surface area contributed by atoms with Crippen LogP contribution in [-0.4, -0.2) is 60.4 Å². The smallest absolute Gasteiger partial charge is 0.324 e. The second-order valence-electron chi connectivity index (χ2n) is 5.17. The van der Waals surface area contributed by atoms with Gasteiger partial charge in [-0.1, -0.05) is 0 Å². The number of nitrogens with zero attached hydrogens (tertiary/aromatic N) is 1. The molecule has 0 aromatic carbocycles. The molecule has 0 amide bonds. The lowest BCUT2D eigenvalue weighted by Gasteiger charge is -2.45. The van der Waals surface area contributed by atoms with Crippen molar-refractivity contribution < 1.29 is 14.6 Å². The molecular formula is C11H22N2O3. The van der Waals surface area contributed by atoms with Crippen molar-refractivity contribution in [2.45, 2.75) is 31.8 Å². The molecule has 0 bridgehead atoms. The van der Waals surface area contributed by atoms with Crippen LogP contribution >= 0.6 is 0 Å². The van der Waals surface area contributed by atoms with Crippen LogP contribution in [0.1, 0.15) is 20.8 Å². The van der Waals surface area contributed by atoms with Gasteiger partial charge >= 0.3 is 5.97 Å². The molecule has 1 rings (SSSR count). The first-order valence-corrected chi connectivity index (χ1v) is 5.57. The summed E-state index contributed by atoms with van der Waals surface area (Å²) < 4.78 is 5.41. The molecule has 1 heterocycles. The van der Waals surface area contributed by atoms with E-state index in [1.165, 1.54) is 0 Å². The number of carboxylic acids is 1. The summed E-state index contributed by atoms with van der Waals surface area (Å²) in [5.74, 6) is -0.822. The standard InChI is InChI=1S/C11H22N2O3/c1-10(2)8-16-6-5-13(10)7-11(3,12-4)9(14)15/h12H,5-8H2,1-4H3,(H,14,15). The first-order valence-electron chi connectivity index (χ1n) is 5.57. The van der Waals surface area contributed by atoms with E-state index in [-0.39, 0.29) is 5.54 Å². The van der Waals surface area contributed by atoms with Gasteiger partial charge in [0.2, 0.25) is 0 Å². The fourth-order valence-electron chi connectivity index (χ4n) is 1.82. The number of ether oxygens (including phenoxy) is 1. The zero-order chi connectivity index (χ0) is 12.4. The lowest BCUT2D eigenvalue weighted by Crippen LogP contribution is -2.62. The van der Waals surface area contributed by atoms with Crippen LogP contribution in [0.2, 0.25) is 0 Å². The van der Waals surface area contributed by atoms with Crippen molar-refractivity contribution in [1.82, 2.24) is 10.2 Å². The Hall–Kier alpha value is -0.650. The molecule has 0 spiro atoms. The van der Waals surface area contributed by atoms with Crippen molar-refractivity contribution in [3.05, 3.63) is 0 Å². The fraction of sp³-hybridized carbons (Fsp3) is 0.909. The van der Waals surface area contributed by atoms with Crippen molar-refractivity contribution in [2.75, 3.05) is 33.4 Å². The summed E-state index contributed by atoms with van der Waals surface area (Å²) in [5.41, 5.74) is -1.01. The summed E-state index contributed by atoms with van der Waals surface area (Å²) in [6, 6.07) is 0. The average molecular weight is 230 g/mol. The van der Waals surface area contributed by atoms with Gasteiger partial charge in [-0.05, 0) is 27.8 Å². The van der Waals surface area contributed by atoms with E-state index in [1.807, 2.05) is 0 Å². The molecule has 1 fully saturated rings. The molecule has 0 aliphatic carbocycles. The first-order chi connectivity index (χ1) is 7.32. The summed E-state index contributed by atoms with van der Waals surface area (Å²) in [7, 11) is 1.68. The van der Waals surface area contributed by atoms with E-state index in [0.29, 0.717) is 19.8 Å². The summed E-state index contributed by atoms with van der Waals surface area (Å²) in [6.45, 7) is 8.43. The van der Waals surface area contributed by atoms with Crippen LogP contribution in [0.5, 0.6) is 0 Å². The fourth-order valence-corrected chi connectivity index (χ4v) is 1.82. The highest BCUT2D eigenvalue weighted by Crippen LogP contribution is 2.21. The summed E-state index contributed by atoms with van der Waals surface area (Å²) in [5, 5.41) is 12.1. The summed E-state index contributed by atoms with van der Waals surface area (Å²) >= 11 is 0. The topological polar surface area (TPSA) is 61.8 Å². The monoisotopic (exact) mass is 230 g/mol. The second-order valence-corrected chi connectivity index (χ2v) is 5.17. The molecule has 2 N–H and O–H groups in total. The number of carboxylic acid groups (broad SMARTS) is 1. The van der Waals surface area contributed by atoms with Crippen molar-refractivity contribution in [1.29, 1.82) is 0 Å². The van der Waals surface area contributed by atoms with E-state index in [4.69, 9.17) is 4.74 Å². The van der Waals surface area contributed by atoms with Crippen LogP contribution in [0.4, 0.5) is 0 Å². The molecule has 1 unspecified atom stereocenters. The number of morpholine rings is 1. The molecule has 94 valence electrons. The van der Waals surface area contributed by atoms with Gasteiger partial charge in [0.25, 0.3) is 0 Å². The molecule has 0 saturated carbocycles. The van der Waals surface area contributed by atoms with Crippen molar-refractivity contribution in [2.24, 2.45) is 0 Å². The number of hydrogen-bond donors (Lipinski definition) is 2. The predicted octanol–water partition coefficient (Wildman–Crippen LogP) is 0.160. The average Bonchev–Trinajstić information content (AvgIpc) is 2.20. The van der Waals surface area contributed by atoms with Crippen LogP contribution in [-0.2, 0) is 9.53 Å². The molecule has 0 aromatic rings. The molecule has 1 aliphatic heterocycles. The van der Waals surface area contributed by atoms with Crippen LogP contribution in [0, 0.1) is 0 Å². The third-order valence-corrected chi connectivity index (χ3v) is 3.35.